The second kappa shape index (κ2) is 27.2. The van der Waals surface area contributed by atoms with Gasteiger partial charge in [-0.15, -0.1) is 9.42 Å². The molecule has 15 heteroatoms. The molecular weight excluding hydrogens is 681 g/mol. The molecule has 1 saturated heterocycles. The Balaban J connectivity index is 1.52. The van der Waals surface area contributed by atoms with E-state index in [1.807, 2.05) is 0 Å². The van der Waals surface area contributed by atoms with E-state index in [1.165, 1.54) is 83.2 Å². The maximum atomic E-state index is 12.4. The minimum Gasteiger partial charge on any atom is -0.453 e. The lowest BCUT2D eigenvalue weighted by Gasteiger charge is -2.22. The zero-order valence-electron chi connectivity index (χ0n) is 30.8. The molecule has 292 valence electrons. The van der Waals surface area contributed by atoms with Crippen molar-refractivity contribution in [2.45, 2.75) is 173 Å². The number of nitrogens with zero attached hydrogens (tertiary/aromatic N) is 1. The summed E-state index contributed by atoms with van der Waals surface area (Å²) in [5.41, 5.74) is -1.37. The minimum absolute atomic E-state index is 0.196. The number of aromatic amines is 1. The van der Waals surface area contributed by atoms with E-state index in [2.05, 4.69) is 17.2 Å². The van der Waals surface area contributed by atoms with Crippen LogP contribution in [0.4, 0.5) is 0 Å². The van der Waals surface area contributed by atoms with Crippen molar-refractivity contribution in [1.29, 1.82) is 0 Å². The monoisotopic (exact) mass is 744 g/mol. The molecule has 1 aliphatic heterocycles. The normalized spacial score (nSPS) is 19.6. The number of rotatable bonds is 30. The van der Waals surface area contributed by atoms with Crippen LogP contribution in [0.15, 0.2) is 21.9 Å². The second-order valence-corrected chi connectivity index (χ2v) is 14.1. The van der Waals surface area contributed by atoms with Crippen LogP contribution >= 0.6 is 8.25 Å². The highest BCUT2D eigenvalue weighted by Gasteiger charge is 2.51. The van der Waals surface area contributed by atoms with Gasteiger partial charge in [0.1, 0.15) is 12.2 Å². The molecule has 51 heavy (non-hydrogen) atoms. The Bertz CT molecular complexity index is 1240. The molecule has 0 bridgehead atoms. The summed E-state index contributed by atoms with van der Waals surface area (Å²) in [5, 5.41) is 12.5. The number of carbonyl (C=O) groups is 2. The van der Waals surface area contributed by atoms with Crippen molar-refractivity contribution in [3.8, 4) is 0 Å². The largest absolute Gasteiger partial charge is 0.695 e. The first-order valence-electron chi connectivity index (χ1n) is 19.2. The zero-order valence-corrected chi connectivity index (χ0v) is 31.7. The molecule has 1 aromatic rings. The van der Waals surface area contributed by atoms with Crippen molar-refractivity contribution in [3.05, 3.63) is 33.1 Å². The van der Waals surface area contributed by atoms with Gasteiger partial charge in [0, 0.05) is 36.4 Å². The molecule has 0 aromatic carbocycles. The van der Waals surface area contributed by atoms with E-state index in [0.29, 0.717) is 25.8 Å². The molecule has 4 unspecified atom stereocenters. The number of nitrogens with one attached hydrogen (secondary N) is 2. The smallest absolute Gasteiger partial charge is 0.453 e. The van der Waals surface area contributed by atoms with Crippen LogP contribution in [0.1, 0.15) is 148 Å². The van der Waals surface area contributed by atoms with E-state index in [0.717, 1.165) is 42.7 Å². The fraction of sp³-hybridized carbons (Fsp3) is 0.833. The molecule has 2 rings (SSSR count). The van der Waals surface area contributed by atoms with Crippen molar-refractivity contribution in [1.82, 2.24) is 14.9 Å². The van der Waals surface area contributed by atoms with Gasteiger partial charge in [-0.1, -0.05) is 110 Å². The van der Waals surface area contributed by atoms with Gasteiger partial charge in [-0.05, 0) is 26.2 Å². The third kappa shape index (κ3) is 18.7. The molecule has 4 N–H and O–H groups in total. The second-order valence-electron chi connectivity index (χ2n) is 13.4. The minimum atomic E-state index is -3.05. The van der Waals surface area contributed by atoms with Crippen LogP contribution in [0.25, 0.3) is 0 Å². The van der Waals surface area contributed by atoms with Crippen LogP contribution in [0.2, 0.25) is 0 Å². The summed E-state index contributed by atoms with van der Waals surface area (Å²) >= 11 is 0. The van der Waals surface area contributed by atoms with Gasteiger partial charge in [0.05, 0.1) is 6.61 Å². The van der Waals surface area contributed by atoms with Gasteiger partial charge in [-0.2, -0.15) is 0 Å². The number of esters is 1. The van der Waals surface area contributed by atoms with Crippen LogP contribution in [-0.4, -0.2) is 75.6 Å². The van der Waals surface area contributed by atoms with Gasteiger partial charge in [-0.25, -0.2) is 4.79 Å². The Kier molecular flexibility index (Phi) is 23.8. The standard InChI is InChI=1S/C36H62N3O11P/c1-3-4-5-6-7-8-9-10-11-12-13-14-15-16-19-22-31(42)48-28(2)34(43)37-24-20-17-18-21-26-47-33-32(50-51(45)46)29(27-40)49-35(33)39-25-23-30(41)38-36(39)44/h23,25,28-29,32-33,35,40H,3-22,24,26-27H2,1-2H3,(H2-,37,38,41,43,44,45,46)/p+1/t28?,29-,32?,33?,35-/m1/s1. The molecule has 0 radical (unpaired) electrons. The van der Waals surface area contributed by atoms with Crippen molar-refractivity contribution in [2.75, 3.05) is 19.8 Å². The molecular formula is C36H63N3O11P+. The molecule has 0 spiro atoms. The first kappa shape index (κ1) is 44.7. The fourth-order valence-electron chi connectivity index (χ4n) is 6.22. The van der Waals surface area contributed by atoms with Crippen LogP contribution in [-0.2, 0) is 32.9 Å². The summed E-state index contributed by atoms with van der Waals surface area (Å²) < 4.78 is 34.5. The number of aromatic nitrogens is 2. The number of carbonyl (C=O) groups excluding carboxylic acids is 2. The lowest BCUT2D eigenvalue weighted by Crippen LogP contribution is -2.40. The summed E-state index contributed by atoms with van der Waals surface area (Å²) in [4.78, 5) is 59.9. The molecule has 14 nitrogen and oxygen atoms in total. The topological polar surface area (TPSA) is 195 Å². The molecule has 2 heterocycles. The number of aliphatic hydroxyl groups is 1. The Morgan fingerprint density at radius 1 is 0.902 bits per heavy atom. The number of hydrogen-bond donors (Lipinski definition) is 4. The average Bonchev–Trinajstić information content (AvgIpc) is 3.43. The van der Waals surface area contributed by atoms with Crippen LogP contribution in [0.3, 0.4) is 0 Å². The van der Waals surface area contributed by atoms with Crippen molar-refractivity contribution >= 4 is 20.1 Å². The van der Waals surface area contributed by atoms with E-state index in [4.69, 9.17) is 18.7 Å². The van der Waals surface area contributed by atoms with Gasteiger partial charge in [0.25, 0.3) is 11.5 Å². The molecule has 1 aromatic heterocycles. The average molecular weight is 745 g/mol. The predicted molar refractivity (Wildman–Crippen MR) is 193 cm³/mol. The van der Waals surface area contributed by atoms with Crippen LogP contribution in [0.5, 0.6) is 0 Å². The quantitative estimate of drug-likeness (QED) is 0.0428. The number of hydrogen-bond acceptors (Lipinski definition) is 10. The summed E-state index contributed by atoms with van der Waals surface area (Å²) in [5.74, 6) is -0.684. The summed E-state index contributed by atoms with van der Waals surface area (Å²) in [6, 6.07) is 1.13. The number of ether oxygens (including phenoxy) is 3. The van der Waals surface area contributed by atoms with E-state index < -0.39 is 56.8 Å². The number of unbranched alkanes of at least 4 members (excludes halogenated alkanes) is 17. The zero-order chi connectivity index (χ0) is 37.3. The highest BCUT2D eigenvalue weighted by atomic mass is 31.1. The van der Waals surface area contributed by atoms with Gasteiger partial charge in [0.2, 0.25) is 0 Å². The maximum Gasteiger partial charge on any atom is 0.695 e. The van der Waals surface area contributed by atoms with Crippen molar-refractivity contribution in [2.24, 2.45) is 0 Å². The lowest BCUT2D eigenvalue weighted by molar-refractivity contribution is -0.154. The molecule has 1 fully saturated rings. The maximum absolute atomic E-state index is 12.4. The third-order valence-electron chi connectivity index (χ3n) is 9.15. The highest BCUT2D eigenvalue weighted by Crippen LogP contribution is 2.37. The van der Waals surface area contributed by atoms with E-state index in [-0.39, 0.29) is 18.5 Å². The third-order valence-corrected chi connectivity index (χ3v) is 9.57. The summed E-state index contributed by atoms with van der Waals surface area (Å²) in [6.45, 7) is 3.89. The Hall–Kier alpha value is -2.48. The molecule has 1 amide bonds. The van der Waals surface area contributed by atoms with Crippen molar-refractivity contribution in [3.63, 3.8) is 0 Å². The van der Waals surface area contributed by atoms with Gasteiger partial charge >= 0.3 is 19.9 Å². The molecule has 0 aliphatic carbocycles. The van der Waals surface area contributed by atoms with E-state index >= 15 is 0 Å². The van der Waals surface area contributed by atoms with E-state index in [9.17, 15) is 33.7 Å². The van der Waals surface area contributed by atoms with Crippen molar-refractivity contribution < 1.29 is 42.9 Å². The van der Waals surface area contributed by atoms with Gasteiger partial charge in [0.15, 0.2) is 18.4 Å². The highest BCUT2D eigenvalue weighted by molar-refractivity contribution is 7.32. The fourth-order valence-corrected chi connectivity index (χ4v) is 6.68. The Morgan fingerprint density at radius 2 is 1.47 bits per heavy atom. The van der Waals surface area contributed by atoms with Crippen LogP contribution in [0, 0.1) is 0 Å². The first-order valence-corrected chi connectivity index (χ1v) is 20.3. The Labute approximate surface area is 303 Å². The SMILES string of the molecule is CCCCCCCCCCCCCCCCCC(=O)OC(C)C(=O)NCCCCCCOC1C(O[P+](=O)O)[C@@H](CO)O[C@H]1n1ccc(=O)[nH]c1=O. The molecule has 1 aliphatic rings. The lowest BCUT2D eigenvalue weighted by atomic mass is 10.0. The summed E-state index contributed by atoms with van der Waals surface area (Å²) in [6.07, 6.45) is 18.0. The number of H-pyrrole nitrogens is 1. The van der Waals surface area contributed by atoms with Gasteiger partial charge < -0.3 is 24.6 Å². The number of amides is 1. The number of aliphatic hydroxyl groups excluding tert-OH is 1. The van der Waals surface area contributed by atoms with Gasteiger partial charge in [-0.3, -0.25) is 23.9 Å². The van der Waals surface area contributed by atoms with Crippen LogP contribution < -0.4 is 16.6 Å². The molecule has 0 saturated carbocycles. The Morgan fingerprint density at radius 3 is 2.04 bits per heavy atom. The predicted octanol–water partition coefficient (Wildman–Crippen LogP) is 5.72. The van der Waals surface area contributed by atoms with E-state index in [1.54, 1.807) is 6.92 Å². The first-order chi connectivity index (χ1) is 24.7. The molecule has 6 atom stereocenters. The summed E-state index contributed by atoms with van der Waals surface area (Å²) in [7, 11) is -3.05.